The number of nitrogens with one attached hydrogen (secondary N) is 1. The van der Waals surface area contributed by atoms with Gasteiger partial charge in [-0.3, -0.25) is 14.5 Å². The number of amides is 2. The van der Waals surface area contributed by atoms with Crippen LogP contribution in [0.1, 0.15) is 12.0 Å². The van der Waals surface area contributed by atoms with Gasteiger partial charge < -0.3 is 15.0 Å². The first kappa shape index (κ1) is 22.1. The highest BCUT2D eigenvalue weighted by molar-refractivity contribution is 6.31. The molecule has 0 bridgehead atoms. The average molecular weight is 434 g/mol. The molecule has 1 aliphatic rings. The Morgan fingerprint density at radius 3 is 2.43 bits per heavy atom. The topological polar surface area (TPSA) is 61.9 Å². The van der Waals surface area contributed by atoms with Gasteiger partial charge in [-0.25, -0.2) is 4.39 Å². The molecule has 1 heterocycles. The minimum absolute atomic E-state index is 0.0267. The van der Waals surface area contributed by atoms with Crippen LogP contribution < -0.4 is 10.1 Å². The zero-order valence-electron chi connectivity index (χ0n) is 16.7. The lowest BCUT2D eigenvalue weighted by Crippen LogP contribution is -2.50. The van der Waals surface area contributed by atoms with Crippen molar-refractivity contribution >= 4 is 23.4 Å². The fourth-order valence-electron chi connectivity index (χ4n) is 3.17. The maximum atomic E-state index is 12.9. The van der Waals surface area contributed by atoms with Crippen LogP contribution in [0.15, 0.2) is 48.5 Å². The van der Waals surface area contributed by atoms with Crippen LogP contribution in [0.5, 0.6) is 5.75 Å². The first-order valence-corrected chi connectivity index (χ1v) is 10.3. The molecule has 0 unspecified atom stereocenters. The van der Waals surface area contributed by atoms with Crippen molar-refractivity contribution in [3.63, 3.8) is 0 Å². The summed E-state index contributed by atoms with van der Waals surface area (Å²) in [7, 11) is 0. The second kappa shape index (κ2) is 10.9. The summed E-state index contributed by atoms with van der Waals surface area (Å²) in [5.41, 5.74) is 0.891. The summed E-state index contributed by atoms with van der Waals surface area (Å²) in [6, 6.07) is 13.0. The number of ether oxygens (including phenoxy) is 1. The van der Waals surface area contributed by atoms with Crippen LogP contribution >= 0.6 is 11.6 Å². The molecule has 0 aromatic heterocycles. The molecule has 1 fully saturated rings. The van der Waals surface area contributed by atoms with Crippen LogP contribution in [0.2, 0.25) is 5.02 Å². The summed E-state index contributed by atoms with van der Waals surface area (Å²) in [6.07, 6.45) is 0.395. The highest BCUT2D eigenvalue weighted by Crippen LogP contribution is 2.14. The van der Waals surface area contributed by atoms with E-state index in [1.54, 1.807) is 11.0 Å². The van der Waals surface area contributed by atoms with E-state index in [9.17, 15) is 14.0 Å². The molecule has 8 heteroatoms. The van der Waals surface area contributed by atoms with Gasteiger partial charge in [0.15, 0.2) is 6.61 Å². The number of benzene rings is 2. The van der Waals surface area contributed by atoms with Crippen molar-refractivity contribution in [1.82, 2.24) is 15.1 Å². The molecule has 1 saturated heterocycles. The third-order valence-corrected chi connectivity index (χ3v) is 5.36. The van der Waals surface area contributed by atoms with Gasteiger partial charge in [-0.05, 0) is 35.9 Å². The standard InChI is InChI=1S/C22H25ClFN3O3/c23-20-4-2-1-3-17(20)15-25-21(28)9-10-26-11-13-27(14-12-26)22(29)16-30-19-7-5-18(24)6-8-19/h1-8H,9-16H2,(H,25,28). The van der Waals surface area contributed by atoms with Crippen molar-refractivity contribution in [2.24, 2.45) is 0 Å². The molecule has 2 amide bonds. The van der Waals surface area contributed by atoms with Crippen LogP contribution in [-0.4, -0.2) is 60.9 Å². The molecule has 0 radical (unpaired) electrons. The van der Waals surface area contributed by atoms with Gasteiger partial charge in [0, 0.05) is 50.7 Å². The van der Waals surface area contributed by atoms with Gasteiger partial charge in [0.25, 0.3) is 5.91 Å². The average Bonchev–Trinajstić information content (AvgIpc) is 2.77. The van der Waals surface area contributed by atoms with Crippen molar-refractivity contribution in [3.05, 3.63) is 64.9 Å². The van der Waals surface area contributed by atoms with Gasteiger partial charge in [0.1, 0.15) is 11.6 Å². The second-order valence-electron chi connectivity index (χ2n) is 7.08. The van der Waals surface area contributed by atoms with Crippen molar-refractivity contribution in [1.29, 1.82) is 0 Å². The lowest BCUT2D eigenvalue weighted by atomic mass is 10.2. The van der Waals surface area contributed by atoms with Crippen molar-refractivity contribution in [2.45, 2.75) is 13.0 Å². The number of rotatable bonds is 8. The van der Waals surface area contributed by atoms with Gasteiger partial charge in [0.05, 0.1) is 0 Å². The van der Waals surface area contributed by atoms with E-state index in [1.165, 1.54) is 24.3 Å². The Balaban J connectivity index is 1.32. The van der Waals surface area contributed by atoms with Crippen molar-refractivity contribution in [3.8, 4) is 5.75 Å². The lowest BCUT2D eigenvalue weighted by Gasteiger charge is -2.34. The zero-order valence-corrected chi connectivity index (χ0v) is 17.4. The SMILES string of the molecule is O=C(CCN1CCN(C(=O)COc2ccc(F)cc2)CC1)NCc1ccccc1Cl. The second-order valence-corrected chi connectivity index (χ2v) is 7.49. The van der Waals surface area contributed by atoms with Gasteiger partial charge in [-0.15, -0.1) is 0 Å². The third-order valence-electron chi connectivity index (χ3n) is 4.99. The molecule has 0 aliphatic carbocycles. The number of halogens is 2. The predicted molar refractivity (Wildman–Crippen MR) is 113 cm³/mol. The van der Waals surface area contributed by atoms with E-state index >= 15 is 0 Å². The summed E-state index contributed by atoms with van der Waals surface area (Å²) in [5, 5.41) is 3.53. The van der Waals surface area contributed by atoms with Crippen LogP contribution in [0.3, 0.4) is 0 Å². The fraction of sp³-hybridized carbons (Fsp3) is 0.364. The van der Waals surface area contributed by atoms with E-state index in [-0.39, 0.29) is 24.2 Å². The Bertz CT molecular complexity index is 855. The normalized spacial score (nSPS) is 14.4. The van der Waals surface area contributed by atoms with Crippen LogP contribution in [0.25, 0.3) is 0 Å². The van der Waals surface area contributed by atoms with Crippen LogP contribution in [-0.2, 0) is 16.1 Å². The number of carbonyl (C=O) groups is 2. The summed E-state index contributed by atoms with van der Waals surface area (Å²) < 4.78 is 18.3. The van der Waals surface area contributed by atoms with E-state index < -0.39 is 0 Å². The minimum Gasteiger partial charge on any atom is -0.484 e. The molecule has 2 aromatic rings. The van der Waals surface area contributed by atoms with Crippen LogP contribution in [0.4, 0.5) is 4.39 Å². The Hall–Kier alpha value is -2.64. The van der Waals surface area contributed by atoms with E-state index in [0.29, 0.717) is 56.5 Å². The number of nitrogens with zero attached hydrogens (tertiary/aromatic N) is 2. The number of carbonyl (C=O) groups excluding carboxylic acids is 2. The van der Waals surface area contributed by atoms with E-state index in [2.05, 4.69) is 10.2 Å². The summed E-state index contributed by atoms with van der Waals surface area (Å²) in [6.45, 7) is 3.58. The Morgan fingerprint density at radius 2 is 1.73 bits per heavy atom. The maximum Gasteiger partial charge on any atom is 0.260 e. The molecule has 2 aromatic carbocycles. The molecule has 1 N–H and O–H groups in total. The first-order chi connectivity index (χ1) is 14.5. The number of hydrogen-bond acceptors (Lipinski definition) is 4. The zero-order chi connectivity index (χ0) is 21.3. The predicted octanol–water partition coefficient (Wildman–Crippen LogP) is 2.71. The molecule has 0 atom stereocenters. The summed E-state index contributed by atoms with van der Waals surface area (Å²) in [5.74, 6) is -0.00823. The lowest BCUT2D eigenvalue weighted by molar-refractivity contribution is -0.135. The maximum absolute atomic E-state index is 12.9. The van der Waals surface area contributed by atoms with Crippen molar-refractivity contribution < 1.29 is 18.7 Å². The molecule has 30 heavy (non-hydrogen) atoms. The fourth-order valence-corrected chi connectivity index (χ4v) is 3.37. The Morgan fingerprint density at radius 1 is 1.03 bits per heavy atom. The summed E-state index contributed by atoms with van der Waals surface area (Å²) in [4.78, 5) is 28.3. The van der Waals surface area contributed by atoms with Gasteiger partial charge >= 0.3 is 0 Å². The highest BCUT2D eigenvalue weighted by atomic mass is 35.5. The van der Waals surface area contributed by atoms with Crippen molar-refractivity contribution in [2.75, 3.05) is 39.3 Å². The molecule has 0 spiro atoms. The van der Waals surface area contributed by atoms with E-state index in [1.807, 2.05) is 18.2 Å². The van der Waals surface area contributed by atoms with E-state index in [4.69, 9.17) is 16.3 Å². The molecule has 0 saturated carbocycles. The minimum atomic E-state index is -0.345. The molecule has 3 rings (SSSR count). The molecule has 6 nitrogen and oxygen atoms in total. The third kappa shape index (κ3) is 6.71. The largest absolute Gasteiger partial charge is 0.484 e. The Kier molecular flexibility index (Phi) is 8.04. The smallest absolute Gasteiger partial charge is 0.260 e. The van der Waals surface area contributed by atoms with Crippen LogP contribution in [0, 0.1) is 5.82 Å². The van der Waals surface area contributed by atoms with Gasteiger partial charge in [-0.2, -0.15) is 0 Å². The quantitative estimate of drug-likeness (QED) is 0.695. The number of piperazine rings is 1. The molecular formula is C22H25ClFN3O3. The summed E-state index contributed by atoms with van der Waals surface area (Å²) >= 11 is 6.09. The van der Waals surface area contributed by atoms with E-state index in [0.717, 1.165) is 5.56 Å². The molecule has 160 valence electrons. The molecular weight excluding hydrogens is 409 g/mol. The first-order valence-electron chi connectivity index (χ1n) is 9.90. The van der Waals surface area contributed by atoms with Gasteiger partial charge in [0.2, 0.25) is 5.91 Å². The highest BCUT2D eigenvalue weighted by Gasteiger charge is 2.21. The number of hydrogen-bond donors (Lipinski definition) is 1. The van der Waals surface area contributed by atoms with Gasteiger partial charge in [-0.1, -0.05) is 29.8 Å². The monoisotopic (exact) mass is 433 g/mol. The Labute approximate surface area is 180 Å². The molecule has 1 aliphatic heterocycles.